The van der Waals surface area contributed by atoms with Gasteiger partial charge in [-0.15, -0.1) is 0 Å². The van der Waals surface area contributed by atoms with Crippen LogP contribution in [0, 0.1) is 5.82 Å². The predicted octanol–water partition coefficient (Wildman–Crippen LogP) is 2.63. The van der Waals surface area contributed by atoms with Crippen molar-refractivity contribution in [2.75, 3.05) is 26.3 Å². The van der Waals surface area contributed by atoms with Crippen molar-refractivity contribution < 1.29 is 13.7 Å². The molecule has 8 heteroatoms. The Balaban J connectivity index is 1.63. The smallest absolute Gasteiger partial charge is 0.259 e. The third kappa shape index (κ3) is 3.88. The molecule has 3 aromatic rings. The molecule has 1 fully saturated rings. The molecule has 0 spiro atoms. The number of nitrogens with one attached hydrogen (secondary N) is 1. The predicted molar refractivity (Wildman–Crippen MR) is 101 cm³/mol. The Morgan fingerprint density at radius 3 is 2.82 bits per heavy atom. The quantitative estimate of drug-likeness (QED) is 0.728. The van der Waals surface area contributed by atoms with E-state index in [1.165, 1.54) is 12.1 Å². The van der Waals surface area contributed by atoms with Crippen LogP contribution in [0.15, 0.2) is 39.8 Å². The van der Waals surface area contributed by atoms with E-state index in [4.69, 9.17) is 9.26 Å². The number of H-pyrrole nitrogens is 1. The second kappa shape index (κ2) is 8.04. The van der Waals surface area contributed by atoms with E-state index in [-0.39, 0.29) is 23.1 Å². The summed E-state index contributed by atoms with van der Waals surface area (Å²) in [4.78, 5) is 21.7. The maximum Gasteiger partial charge on any atom is 0.259 e. The molecule has 1 aliphatic heterocycles. The zero-order valence-corrected chi connectivity index (χ0v) is 15.6. The molecule has 0 radical (unpaired) electrons. The minimum absolute atomic E-state index is 0.214. The lowest BCUT2D eigenvalue weighted by Gasteiger charge is -2.26. The summed E-state index contributed by atoms with van der Waals surface area (Å²) in [6.45, 7) is 5.76. The lowest BCUT2D eigenvalue weighted by atomic mass is 10.1. The maximum atomic E-state index is 13.5. The number of aromatic nitrogens is 3. The van der Waals surface area contributed by atoms with Crippen LogP contribution in [-0.2, 0) is 17.7 Å². The van der Waals surface area contributed by atoms with E-state index in [0.29, 0.717) is 37.3 Å². The minimum atomic E-state index is -0.312. The van der Waals surface area contributed by atoms with E-state index in [2.05, 4.69) is 20.0 Å². The van der Waals surface area contributed by atoms with Crippen molar-refractivity contribution >= 4 is 0 Å². The van der Waals surface area contributed by atoms with Gasteiger partial charge in [0.05, 0.1) is 18.8 Å². The van der Waals surface area contributed by atoms with Gasteiger partial charge >= 0.3 is 0 Å². The SMILES string of the molecule is CCc1cc(F)ccc1-c1nc(-c2cc(CN3CCOCC3)c[nH]c2=O)no1. The summed E-state index contributed by atoms with van der Waals surface area (Å²) in [5.74, 6) is 0.170. The second-order valence-corrected chi connectivity index (χ2v) is 6.72. The number of nitrogens with zero attached hydrogens (tertiary/aromatic N) is 3. The summed E-state index contributed by atoms with van der Waals surface area (Å²) in [7, 11) is 0. The fourth-order valence-electron chi connectivity index (χ4n) is 3.31. The standard InChI is InChI=1S/C20H21FN4O3/c1-2-14-10-15(21)3-4-16(14)20-23-18(24-28-20)17-9-13(11-22-19(17)26)12-25-5-7-27-8-6-25/h3-4,9-11H,2,5-8,12H2,1H3,(H,22,26). The van der Waals surface area contributed by atoms with Crippen molar-refractivity contribution in [3.63, 3.8) is 0 Å². The number of aryl methyl sites for hydroxylation is 1. The van der Waals surface area contributed by atoms with Crippen LogP contribution in [0.1, 0.15) is 18.1 Å². The van der Waals surface area contributed by atoms with Gasteiger partial charge in [0.25, 0.3) is 11.4 Å². The Bertz CT molecular complexity index is 1020. The molecule has 0 aliphatic carbocycles. The molecular weight excluding hydrogens is 363 g/mol. The number of rotatable bonds is 5. The van der Waals surface area contributed by atoms with Gasteiger partial charge in [-0.25, -0.2) is 4.39 Å². The fraction of sp³-hybridized carbons (Fsp3) is 0.350. The molecule has 146 valence electrons. The highest BCUT2D eigenvalue weighted by molar-refractivity contribution is 5.62. The Labute approximate surface area is 161 Å². The molecule has 7 nitrogen and oxygen atoms in total. The van der Waals surface area contributed by atoms with Crippen molar-refractivity contribution in [2.45, 2.75) is 19.9 Å². The average molecular weight is 384 g/mol. The summed E-state index contributed by atoms with van der Waals surface area (Å²) < 4.78 is 24.2. The number of ether oxygens (including phenoxy) is 1. The van der Waals surface area contributed by atoms with Gasteiger partial charge in [-0.05, 0) is 41.8 Å². The number of benzene rings is 1. The third-order valence-corrected chi connectivity index (χ3v) is 4.82. The summed E-state index contributed by atoms with van der Waals surface area (Å²) in [5, 5.41) is 3.98. The van der Waals surface area contributed by atoms with Crippen LogP contribution in [0.4, 0.5) is 4.39 Å². The number of morpholine rings is 1. The van der Waals surface area contributed by atoms with Gasteiger partial charge in [0, 0.05) is 31.4 Å². The van der Waals surface area contributed by atoms with Gasteiger partial charge < -0.3 is 14.2 Å². The van der Waals surface area contributed by atoms with E-state index >= 15 is 0 Å². The Hall–Kier alpha value is -2.84. The molecule has 3 heterocycles. The third-order valence-electron chi connectivity index (χ3n) is 4.82. The van der Waals surface area contributed by atoms with Gasteiger partial charge in [0.15, 0.2) is 0 Å². The monoisotopic (exact) mass is 384 g/mol. The molecule has 4 rings (SSSR count). The number of hydrogen-bond donors (Lipinski definition) is 1. The minimum Gasteiger partial charge on any atom is -0.379 e. The van der Waals surface area contributed by atoms with Crippen LogP contribution >= 0.6 is 0 Å². The van der Waals surface area contributed by atoms with Crippen molar-refractivity contribution in [3.05, 3.63) is 57.8 Å². The van der Waals surface area contributed by atoms with Gasteiger partial charge in [0.2, 0.25) is 5.82 Å². The first-order valence-electron chi connectivity index (χ1n) is 9.28. The molecule has 0 unspecified atom stereocenters. The van der Waals surface area contributed by atoms with E-state index < -0.39 is 0 Å². The molecule has 1 saturated heterocycles. The molecule has 0 atom stereocenters. The van der Waals surface area contributed by atoms with Crippen LogP contribution in [0.3, 0.4) is 0 Å². The average Bonchev–Trinajstić information content (AvgIpc) is 3.20. The highest BCUT2D eigenvalue weighted by atomic mass is 19.1. The zero-order chi connectivity index (χ0) is 19.5. The summed E-state index contributed by atoms with van der Waals surface area (Å²) in [6.07, 6.45) is 2.33. The highest BCUT2D eigenvalue weighted by Gasteiger charge is 2.17. The van der Waals surface area contributed by atoms with E-state index in [1.807, 2.05) is 6.92 Å². The molecule has 0 bridgehead atoms. The van der Waals surface area contributed by atoms with Crippen LogP contribution in [0.5, 0.6) is 0 Å². The van der Waals surface area contributed by atoms with Crippen LogP contribution in [0.2, 0.25) is 0 Å². The highest BCUT2D eigenvalue weighted by Crippen LogP contribution is 2.25. The van der Waals surface area contributed by atoms with Crippen molar-refractivity contribution in [2.24, 2.45) is 0 Å². The Morgan fingerprint density at radius 1 is 1.21 bits per heavy atom. The van der Waals surface area contributed by atoms with Gasteiger partial charge in [-0.3, -0.25) is 9.69 Å². The van der Waals surface area contributed by atoms with E-state index in [1.54, 1.807) is 18.3 Å². The topological polar surface area (TPSA) is 84.3 Å². The van der Waals surface area contributed by atoms with Gasteiger partial charge in [-0.1, -0.05) is 12.1 Å². The number of halogens is 1. The van der Waals surface area contributed by atoms with Crippen LogP contribution in [-0.4, -0.2) is 46.3 Å². The van der Waals surface area contributed by atoms with E-state index in [0.717, 1.165) is 24.2 Å². The lowest BCUT2D eigenvalue weighted by molar-refractivity contribution is 0.0341. The second-order valence-electron chi connectivity index (χ2n) is 6.72. The lowest BCUT2D eigenvalue weighted by Crippen LogP contribution is -2.35. The molecule has 1 aliphatic rings. The molecule has 0 amide bonds. The summed E-state index contributed by atoms with van der Waals surface area (Å²) in [6, 6.07) is 6.21. The maximum absolute atomic E-state index is 13.5. The normalized spacial score (nSPS) is 15.1. The summed E-state index contributed by atoms with van der Waals surface area (Å²) in [5.41, 5.74) is 2.46. The molecule has 1 N–H and O–H groups in total. The van der Waals surface area contributed by atoms with Gasteiger partial charge in [0.1, 0.15) is 5.82 Å². The first-order valence-corrected chi connectivity index (χ1v) is 9.28. The summed E-state index contributed by atoms with van der Waals surface area (Å²) >= 11 is 0. The van der Waals surface area contributed by atoms with Crippen molar-refractivity contribution in [1.82, 2.24) is 20.0 Å². The molecular formula is C20H21FN4O3. The van der Waals surface area contributed by atoms with E-state index in [9.17, 15) is 9.18 Å². The number of pyridine rings is 1. The first-order chi connectivity index (χ1) is 13.6. The molecule has 28 heavy (non-hydrogen) atoms. The van der Waals surface area contributed by atoms with Crippen LogP contribution < -0.4 is 5.56 Å². The largest absolute Gasteiger partial charge is 0.379 e. The zero-order valence-electron chi connectivity index (χ0n) is 15.6. The van der Waals surface area contributed by atoms with Gasteiger partial charge in [-0.2, -0.15) is 4.98 Å². The molecule has 1 aromatic carbocycles. The van der Waals surface area contributed by atoms with Crippen LogP contribution in [0.25, 0.3) is 22.8 Å². The molecule has 2 aromatic heterocycles. The van der Waals surface area contributed by atoms with Crippen molar-refractivity contribution in [1.29, 1.82) is 0 Å². The van der Waals surface area contributed by atoms with Crippen molar-refractivity contribution in [3.8, 4) is 22.8 Å². The Morgan fingerprint density at radius 2 is 2.04 bits per heavy atom. The number of hydrogen-bond acceptors (Lipinski definition) is 6. The number of aromatic amines is 1. The fourth-order valence-corrected chi connectivity index (χ4v) is 3.31. The Kier molecular flexibility index (Phi) is 5.31. The first kappa shape index (κ1) is 18.5. The molecule has 0 saturated carbocycles.